The summed E-state index contributed by atoms with van der Waals surface area (Å²) < 4.78 is 22.6. The van der Waals surface area contributed by atoms with Crippen molar-refractivity contribution >= 4 is 5.97 Å². The minimum Gasteiger partial charge on any atom is -0.457 e. The Morgan fingerprint density at radius 1 is 0.689 bits per heavy atom. The molecule has 0 radical (unpaired) electrons. The number of esters is 1. The molecule has 0 saturated carbocycles. The summed E-state index contributed by atoms with van der Waals surface area (Å²) in [6, 6.07) is 0. The maximum Gasteiger partial charge on any atom is 0.306 e. The van der Waals surface area contributed by atoms with E-state index >= 15 is 0 Å². The SMILES string of the molecule is CCCCC/C=C\CCCCCCCCOCC(COC1OC(CO)C(O)C(O)C1O)OC(=O)CCCCCCCCCCC. The molecule has 6 atom stereocenters. The molecule has 1 rings (SSSR count). The lowest BCUT2D eigenvalue weighted by Gasteiger charge is -2.39. The second-order valence-corrected chi connectivity index (χ2v) is 12.7. The Morgan fingerprint density at radius 2 is 1.22 bits per heavy atom. The molecule has 9 nitrogen and oxygen atoms in total. The maximum atomic E-state index is 12.6. The van der Waals surface area contributed by atoms with Crippen LogP contribution in [0.1, 0.15) is 149 Å². The van der Waals surface area contributed by atoms with Crippen molar-refractivity contribution < 1.29 is 44.2 Å². The van der Waals surface area contributed by atoms with Gasteiger partial charge in [-0.3, -0.25) is 4.79 Å². The van der Waals surface area contributed by atoms with E-state index in [-0.39, 0.29) is 19.2 Å². The van der Waals surface area contributed by atoms with Crippen LogP contribution in [0.4, 0.5) is 0 Å². The zero-order valence-corrected chi connectivity index (χ0v) is 28.6. The number of ether oxygens (including phenoxy) is 4. The average Bonchev–Trinajstić information content (AvgIpc) is 3.04. The standard InChI is InChI=1S/C36H68O9/c1-3-5-7-9-11-13-14-15-16-18-20-22-24-26-42-28-30(29-43-36-35(41)34(40)33(39)31(27-37)45-36)44-32(38)25-23-21-19-17-12-10-8-6-4-2/h11,13,30-31,33-37,39-41H,3-10,12,14-29H2,1-2H3/b13-11-. The molecule has 1 aliphatic rings. The van der Waals surface area contributed by atoms with Crippen LogP contribution >= 0.6 is 0 Å². The number of hydrogen-bond acceptors (Lipinski definition) is 9. The third-order valence-electron chi connectivity index (χ3n) is 8.43. The van der Waals surface area contributed by atoms with E-state index in [4.69, 9.17) is 18.9 Å². The van der Waals surface area contributed by atoms with Gasteiger partial charge in [-0.05, 0) is 38.5 Å². The van der Waals surface area contributed by atoms with Crippen LogP contribution in [0.15, 0.2) is 12.2 Å². The molecule has 0 aromatic heterocycles. The number of carbonyl (C=O) groups excluding carboxylic acids is 1. The van der Waals surface area contributed by atoms with Gasteiger partial charge in [0.15, 0.2) is 6.29 Å². The molecule has 0 amide bonds. The Kier molecular flexibility index (Phi) is 27.1. The largest absolute Gasteiger partial charge is 0.457 e. The van der Waals surface area contributed by atoms with Crippen molar-refractivity contribution in [2.45, 2.75) is 185 Å². The Labute approximate surface area is 274 Å². The van der Waals surface area contributed by atoms with Crippen molar-refractivity contribution in [3.63, 3.8) is 0 Å². The van der Waals surface area contributed by atoms with E-state index in [1.165, 1.54) is 96.3 Å². The van der Waals surface area contributed by atoms with Crippen LogP contribution in [-0.2, 0) is 23.7 Å². The van der Waals surface area contributed by atoms with Gasteiger partial charge in [-0.15, -0.1) is 0 Å². The fourth-order valence-corrected chi connectivity index (χ4v) is 5.48. The minimum atomic E-state index is -1.53. The van der Waals surface area contributed by atoms with Crippen LogP contribution in [0.3, 0.4) is 0 Å². The van der Waals surface area contributed by atoms with Crippen molar-refractivity contribution in [2.75, 3.05) is 26.4 Å². The zero-order chi connectivity index (χ0) is 33.0. The molecule has 1 heterocycles. The van der Waals surface area contributed by atoms with Gasteiger partial charge in [-0.2, -0.15) is 0 Å². The van der Waals surface area contributed by atoms with Gasteiger partial charge in [0, 0.05) is 13.0 Å². The fourth-order valence-electron chi connectivity index (χ4n) is 5.48. The van der Waals surface area contributed by atoms with Crippen LogP contribution in [0.5, 0.6) is 0 Å². The highest BCUT2D eigenvalue weighted by Gasteiger charge is 2.44. The summed E-state index contributed by atoms with van der Waals surface area (Å²) in [7, 11) is 0. The smallest absolute Gasteiger partial charge is 0.306 e. The van der Waals surface area contributed by atoms with Gasteiger partial charge in [0.25, 0.3) is 0 Å². The summed E-state index contributed by atoms with van der Waals surface area (Å²) in [5.74, 6) is -0.320. The summed E-state index contributed by atoms with van der Waals surface area (Å²) in [6.45, 7) is 4.49. The predicted molar refractivity (Wildman–Crippen MR) is 178 cm³/mol. The van der Waals surface area contributed by atoms with E-state index < -0.39 is 43.4 Å². The highest BCUT2D eigenvalue weighted by atomic mass is 16.7. The van der Waals surface area contributed by atoms with E-state index in [0.29, 0.717) is 13.0 Å². The van der Waals surface area contributed by atoms with E-state index in [2.05, 4.69) is 26.0 Å². The van der Waals surface area contributed by atoms with E-state index in [9.17, 15) is 25.2 Å². The normalized spacial score (nSPS) is 22.7. The lowest BCUT2D eigenvalue weighted by atomic mass is 9.99. The molecular formula is C36H68O9. The second kappa shape index (κ2) is 29.1. The number of allylic oxidation sites excluding steroid dienone is 2. The van der Waals surface area contributed by atoms with Crippen LogP contribution in [0.25, 0.3) is 0 Å². The topological polar surface area (TPSA) is 135 Å². The van der Waals surface area contributed by atoms with Crippen LogP contribution in [-0.4, -0.2) is 89.6 Å². The van der Waals surface area contributed by atoms with Crippen LogP contribution in [0.2, 0.25) is 0 Å². The summed E-state index contributed by atoms with van der Waals surface area (Å²) in [4.78, 5) is 12.6. The maximum absolute atomic E-state index is 12.6. The third-order valence-corrected chi connectivity index (χ3v) is 8.43. The molecule has 0 aromatic rings. The fraction of sp³-hybridized carbons (Fsp3) is 0.917. The molecule has 6 unspecified atom stereocenters. The average molecular weight is 645 g/mol. The highest BCUT2D eigenvalue weighted by Crippen LogP contribution is 2.22. The first-order valence-corrected chi connectivity index (χ1v) is 18.3. The number of rotatable bonds is 30. The number of carbonyl (C=O) groups is 1. The van der Waals surface area contributed by atoms with Crippen molar-refractivity contribution in [3.05, 3.63) is 12.2 Å². The van der Waals surface area contributed by atoms with Gasteiger partial charge in [0.2, 0.25) is 0 Å². The number of hydrogen-bond donors (Lipinski definition) is 4. The molecule has 45 heavy (non-hydrogen) atoms. The molecule has 0 bridgehead atoms. The zero-order valence-electron chi connectivity index (χ0n) is 28.6. The number of aliphatic hydroxyl groups is 4. The quantitative estimate of drug-likeness (QED) is 0.0392. The Balaban J connectivity index is 2.35. The van der Waals surface area contributed by atoms with Crippen LogP contribution < -0.4 is 0 Å². The van der Waals surface area contributed by atoms with Gasteiger partial charge in [0.1, 0.15) is 30.5 Å². The Morgan fingerprint density at radius 3 is 1.84 bits per heavy atom. The number of unbranched alkanes of at least 4 members (excludes halogenated alkanes) is 17. The second-order valence-electron chi connectivity index (χ2n) is 12.7. The molecule has 9 heteroatoms. The molecule has 1 aliphatic heterocycles. The van der Waals surface area contributed by atoms with Crippen molar-refractivity contribution in [2.24, 2.45) is 0 Å². The van der Waals surface area contributed by atoms with E-state index in [1.54, 1.807) is 0 Å². The molecule has 266 valence electrons. The van der Waals surface area contributed by atoms with Gasteiger partial charge in [-0.25, -0.2) is 0 Å². The lowest BCUT2D eigenvalue weighted by molar-refractivity contribution is -0.305. The minimum absolute atomic E-state index is 0.112. The van der Waals surface area contributed by atoms with Gasteiger partial charge in [0.05, 0.1) is 19.8 Å². The van der Waals surface area contributed by atoms with E-state index in [0.717, 1.165) is 32.1 Å². The molecule has 0 spiro atoms. The van der Waals surface area contributed by atoms with E-state index in [1.807, 2.05) is 0 Å². The van der Waals surface area contributed by atoms with Gasteiger partial charge < -0.3 is 39.4 Å². The highest BCUT2D eigenvalue weighted by molar-refractivity contribution is 5.69. The third kappa shape index (κ3) is 21.4. The predicted octanol–water partition coefficient (Wildman–Crippen LogP) is 6.52. The summed E-state index contributed by atoms with van der Waals surface area (Å²) in [5.41, 5.74) is 0. The lowest BCUT2D eigenvalue weighted by Crippen LogP contribution is -2.59. The van der Waals surface area contributed by atoms with Crippen molar-refractivity contribution in [3.8, 4) is 0 Å². The Hall–Kier alpha value is -1.07. The monoisotopic (exact) mass is 644 g/mol. The van der Waals surface area contributed by atoms with Crippen molar-refractivity contribution in [1.82, 2.24) is 0 Å². The first-order valence-electron chi connectivity index (χ1n) is 18.3. The summed E-state index contributed by atoms with van der Waals surface area (Å²) in [6.07, 6.45) is 21.0. The molecule has 1 saturated heterocycles. The van der Waals surface area contributed by atoms with Gasteiger partial charge in [-0.1, -0.05) is 116 Å². The van der Waals surface area contributed by atoms with Crippen molar-refractivity contribution in [1.29, 1.82) is 0 Å². The summed E-state index contributed by atoms with van der Waals surface area (Å²) in [5, 5.41) is 39.8. The molecule has 0 aromatic carbocycles. The summed E-state index contributed by atoms with van der Waals surface area (Å²) >= 11 is 0. The molecule has 1 fully saturated rings. The first kappa shape index (κ1) is 42.0. The molecule has 4 N–H and O–H groups in total. The van der Waals surface area contributed by atoms with Crippen LogP contribution in [0, 0.1) is 0 Å². The first-order chi connectivity index (χ1) is 21.9. The molecule has 0 aliphatic carbocycles. The Bertz CT molecular complexity index is 702. The van der Waals surface area contributed by atoms with Gasteiger partial charge >= 0.3 is 5.97 Å². The number of aliphatic hydroxyl groups excluding tert-OH is 4. The molecular weight excluding hydrogens is 576 g/mol.